The first-order valence-corrected chi connectivity index (χ1v) is 7.34. The van der Waals surface area contributed by atoms with Gasteiger partial charge in [0.1, 0.15) is 0 Å². The van der Waals surface area contributed by atoms with Crippen molar-refractivity contribution >= 4 is 0 Å². The van der Waals surface area contributed by atoms with Crippen LogP contribution >= 0.6 is 0 Å². The van der Waals surface area contributed by atoms with Crippen LogP contribution < -0.4 is 19.5 Å². The summed E-state index contributed by atoms with van der Waals surface area (Å²) < 4.78 is 16.2. The van der Waals surface area contributed by atoms with Crippen molar-refractivity contribution in [1.82, 2.24) is 5.32 Å². The largest absolute Gasteiger partial charge is 0.493 e. The fourth-order valence-electron chi connectivity index (χ4n) is 2.43. The van der Waals surface area contributed by atoms with Crippen molar-refractivity contribution in [3.8, 4) is 17.2 Å². The zero-order valence-corrected chi connectivity index (χ0v) is 12.9. The van der Waals surface area contributed by atoms with Gasteiger partial charge in [-0.3, -0.25) is 0 Å². The zero-order chi connectivity index (χ0) is 14.5. The molecule has 4 nitrogen and oxygen atoms in total. The van der Waals surface area contributed by atoms with Gasteiger partial charge in [-0.05, 0) is 37.0 Å². The van der Waals surface area contributed by atoms with E-state index < -0.39 is 0 Å². The van der Waals surface area contributed by atoms with Crippen molar-refractivity contribution in [3.63, 3.8) is 0 Å². The second-order valence-electron chi connectivity index (χ2n) is 5.56. The second-order valence-corrected chi connectivity index (χ2v) is 5.56. The van der Waals surface area contributed by atoms with E-state index in [9.17, 15) is 0 Å². The van der Waals surface area contributed by atoms with Crippen LogP contribution in [0.1, 0.15) is 39.2 Å². The van der Waals surface area contributed by atoms with Gasteiger partial charge in [0, 0.05) is 12.6 Å². The molecule has 1 aliphatic heterocycles. The van der Waals surface area contributed by atoms with Crippen molar-refractivity contribution in [1.29, 1.82) is 0 Å². The van der Waals surface area contributed by atoms with Crippen LogP contribution in [0, 0.1) is 5.92 Å². The van der Waals surface area contributed by atoms with E-state index in [4.69, 9.17) is 14.2 Å². The molecule has 0 saturated heterocycles. The smallest absolute Gasteiger partial charge is 0.231 e. The number of methoxy groups -OCH3 is 1. The standard InChI is InChI=1S/C16H25NO3/c1-5-11(2)6-12(3)17-9-13-7-14(18-4)16-15(8-13)19-10-20-16/h7-8,11-12,17H,5-6,9-10H2,1-4H3. The highest BCUT2D eigenvalue weighted by Crippen LogP contribution is 2.41. The number of hydrogen-bond acceptors (Lipinski definition) is 4. The van der Waals surface area contributed by atoms with Gasteiger partial charge in [-0.15, -0.1) is 0 Å². The summed E-state index contributed by atoms with van der Waals surface area (Å²) >= 11 is 0. The van der Waals surface area contributed by atoms with Crippen molar-refractivity contribution < 1.29 is 14.2 Å². The third-order valence-electron chi connectivity index (χ3n) is 3.83. The van der Waals surface area contributed by atoms with E-state index in [1.165, 1.54) is 12.8 Å². The molecular formula is C16H25NO3. The number of hydrogen-bond donors (Lipinski definition) is 1. The van der Waals surface area contributed by atoms with Crippen molar-refractivity contribution in [2.45, 2.75) is 46.2 Å². The van der Waals surface area contributed by atoms with Crippen LogP contribution in [0.15, 0.2) is 12.1 Å². The Morgan fingerprint density at radius 3 is 2.80 bits per heavy atom. The monoisotopic (exact) mass is 279 g/mol. The first kappa shape index (κ1) is 15.0. The van der Waals surface area contributed by atoms with Gasteiger partial charge in [0.15, 0.2) is 11.5 Å². The molecule has 0 amide bonds. The highest BCUT2D eigenvalue weighted by Gasteiger charge is 2.20. The lowest BCUT2D eigenvalue weighted by Crippen LogP contribution is -2.27. The van der Waals surface area contributed by atoms with Gasteiger partial charge in [-0.2, -0.15) is 0 Å². The second kappa shape index (κ2) is 6.84. The summed E-state index contributed by atoms with van der Waals surface area (Å²) in [4.78, 5) is 0. The van der Waals surface area contributed by atoms with E-state index in [2.05, 4.69) is 26.1 Å². The quantitative estimate of drug-likeness (QED) is 0.831. The molecule has 1 N–H and O–H groups in total. The summed E-state index contributed by atoms with van der Waals surface area (Å²) in [5.41, 5.74) is 1.15. The summed E-state index contributed by atoms with van der Waals surface area (Å²) in [5, 5.41) is 3.55. The van der Waals surface area contributed by atoms with Gasteiger partial charge < -0.3 is 19.5 Å². The van der Waals surface area contributed by atoms with Crippen LogP contribution in [0.25, 0.3) is 0 Å². The van der Waals surface area contributed by atoms with Crippen LogP contribution in [0.3, 0.4) is 0 Å². The van der Waals surface area contributed by atoms with Gasteiger partial charge in [-0.1, -0.05) is 20.3 Å². The number of rotatable bonds is 7. The molecular weight excluding hydrogens is 254 g/mol. The van der Waals surface area contributed by atoms with Crippen LogP contribution in [0.4, 0.5) is 0 Å². The third kappa shape index (κ3) is 3.57. The predicted molar refractivity (Wildman–Crippen MR) is 79.5 cm³/mol. The molecule has 0 spiro atoms. The van der Waals surface area contributed by atoms with Crippen molar-refractivity contribution in [3.05, 3.63) is 17.7 Å². The minimum Gasteiger partial charge on any atom is -0.493 e. The van der Waals surface area contributed by atoms with Gasteiger partial charge >= 0.3 is 0 Å². The first-order chi connectivity index (χ1) is 9.63. The molecule has 2 atom stereocenters. The molecule has 4 heteroatoms. The molecule has 20 heavy (non-hydrogen) atoms. The number of fused-ring (bicyclic) bond motifs is 1. The molecule has 112 valence electrons. The van der Waals surface area contributed by atoms with E-state index in [0.29, 0.717) is 11.8 Å². The fraction of sp³-hybridized carbons (Fsp3) is 0.625. The van der Waals surface area contributed by atoms with Crippen molar-refractivity contribution in [2.24, 2.45) is 5.92 Å². The van der Waals surface area contributed by atoms with E-state index in [1.54, 1.807) is 7.11 Å². The van der Waals surface area contributed by atoms with Gasteiger partial charge in [0.2, 0.25) is 12.5 Å². The van der Waals surface area contributed by atoms with Gasteiger partial charge in [-0.25, -0.2) is 0 Å². The molecule has 0 aromatic heterocycles. The Morgan fingerprint density at radius 2 is 2.10 bits per heavy atom. The maximum Gasteiger partial charge on any atom is 0.231 e. The number of benzene rings is 1. The average Bonchev–Trinajstić information content (AvgIpc) is 2.92. The van der Waals surface area contributed by atoms with E-state index in [1.807, 2.05) is 12.1 Å². The Morgan fingerprint density at radius 1 is 1.30 bits per heavy atom. The summed E-state index contributed by atoms with van der Waals surface area (Å²) in [6.45, 7) is 7.84. The van der Waals surface area contributed by atoms with Gasteiger partial charge in [0.25, 0.3) is 0 Å². The molecule has 1 aromatic rings. The van der Waals surface area contributed by atoms with E-state index >= 15 is 0 Å². The van der Waals surface area contributed by atoms with Crippen LogP contribution in [0.2, 0.25) is 0 Å². The average molecular weight is 279 g/mol. The maximum absolute atomic E-state index is 5.44. The predicted octanol–water partition coefficient (Wildman–Crippen LogP) is 3.34. The molecule has 1 heterocycles. The van der Waals surface area contributed by atoms with E-state index in [0.717, 1.165) is 29.5 Å². The highest BCUT2D eigenvalue weighted by molar-refractivity contribution is 5.55. The summed E-state index contributed by atoms with van der Waals surface area (Å²) in [6.07, 6.45) is 2.42. The Kier molecular flexibility index (Phi) is 5.12. The van der Waals surface area contributed by atoms with Crippen molar-refractivity contribution in [2.75, 3.05) is 13.9 Å². The third-order valence-corrected chi connectivity index (χ3v) is 3.83. The summed E-state index contributed by atoms with van der Waals surface area (Å²) in [7, 11) is 1.65. The van der Waals surface area contributed by atoms with Crippen LogP contribution in [-0.2, 0) is 6.54 Å². The fourth-order valence-corrected chi connectivity index (χ4v) is 2.43. The molecule has 0 saturated carbocycles. The molecule has 0 bridgehead atoms. The van der Waals surface area contributed by atoms with Crippen LogP contribution in [0.5, 0.6) is 17.2 Å². The molecule has 0 fully saturated rings. The lowest BCUT2D eigenvalue weighted by molar-refractivity contribution is 0.171. The normalized spacial score (nSPS) is 16.0. The zero-order valence-electron chi connectivity index (χ0n) is 12.9. The lowest BCUT2D eigenvalue weighted by atomic mass is 10.0. The first-order valence-electron chi connectivity index (χ1n) is 7.34. The molecule has 0 aliphatic carbocycles. The van der Waals surface area contributed by atoms with Gasteiger partial charge in [0.05, 0.1) is 7.11 Å². The van der Waals surface area contributed by atoms with Crippen LogP contribution in [-0.4, -0.2) is 19.9 Å². The highest BCUT2D eigenvalue weighted by atomic mass is 16.7. The molecule has 2 unspecified atom stereocenters. The Balaban J connectivity index is 1.96. The van der Waals surface area contributed by atoms with E-state index in [-0.39, 0.29) is 6.79 Å². The minimum atomic E-state index is 0.271. The molecule has 0 radical (unpaired) electrons. The summed E-state index contributed by atoms with van der Waals surface area (Å²) in [6, 6.07) is 4.53. The Hall–Kier alpha value is -1.42. The maximum atomic E-state index is 5.44. The SMILES string of the molecule is CCC(C)CC(C)NCc1cc(OC)c2c(c1)OCO2. The topological polar surface area (TPSA) is 39.7 Å². The lowest BCUT2D eigenvalue weighted by Gasteiger charge is -2.18. The molecule has 1 aromatic carbocycles. The Bertz CT molecular complexity index is 448. The Labute approximate surface area is 121 Å². The molecule has 2 rings (SSSR count). The number of nitrogens with one attached hydrogen (secondary N) is 1. The molecule has 1 aliphatic rings. The number of ether oxygens (including phenoxy) is 3. The summed E-state index contributed by atoms with van der Waals surface area (Å²) in [5.74, 6) is 2.98. The minimum absolute atomic E-state index is 0.271.